The smallest absolute Gasteiger partial charge is 0.250 e. The van der Waals surface area contributed by atoms with Crippen molar-refractivity contribution in [3.8, 4) is 0 Å². The van der Waals surface area contributed by atoms with Crippen molar-refractivity contribution in [1.82, 2.24) is 4.72 Å². The molecule has 0 saturated heterocycles. The van der Waals surface area contributed by atoms with Crippen LogP contribution in [0.4, 0.5) is 0 Å². The molecular formula is C8H11Br2NO3S2. The van der Waals surface area contributed by atoms with Gasteiger partial charge in [-0.2, -0.15) is 0 Å². The Morgan fingerprint density at radius 3 is 2.69 bits per heavy atom. The largest absolute Gasteiger partial charge is 0.383 e. The molecule has 0 aliphatic heterocycles. The molecule has 0 fully saturated rings. The summed E-state index contributed by atoms with van der Waals surface area (Å²) < 4.78 is 32.3. The minimum Gasteiger partial charge on any atom is -0.383 e. The van der Waals surface area contributed by atoms with Crippen LogP contribution in [-0.2, 0) is 14.8 Å². The second-order valence-electron chi connectivity index (χ2n) is 2.99. The van der Waals surface area contributed by atoms with Gasteiger partial charge in [0.1, 0.15) is 4.21 Å². The van der Waals surface area contributed by atoms with E-state index in [1.54, 1.807) is 12.1 Å². The third-order valence-corrected chi connectivity index (χ3v) is 6.11. The van der Waals surface area contributed by atoms with Crippen molar-refractivity contribution in [2.45, 2.75) is 10.3 Å². The zero-order valence-corrected chi connectivity index (χ0v) is 13.2. The Bertz CT molecular complexity index is 432. The van der Waals surface area contributed by atoms with Crippen molar-refractivity contribution >= 4 is 53.2 Å². The lowest BCUT2D eigenvalue weighted by atomic mass is 10.4. The summed E-state index contributed by atoms with van der Waals surface area (Å²) >= 11 is 7.64. The van der Waals surface area contributed by atoms with Crippen LogP contribution in [0, 0.1) is 0 Å². The molecule has 1 aromatic heterocycles. The van der Waals surface area contributed by atoms with E-state index in [2.05, 4.69) is 36.6 Å². The van der Waals surface area contributed by atoms with E-state index in [4.69, 9.17) is 4.74 Å². The second kappa shape index (κ2) is 6.46. The summed E-state index contributed by atoms with van der Waals surface area (Å²) in [5, 5.41) is 0.507. The minimum absolute atomic E-state index is 0.268. The number of hydrogen-bond donors (Lipinski definition) is 1. The highest BCUT2D eigenvalue weighted by molar-refractivity contribution is 9.11. The van der Waals surface area contributed by atoms with Crippen LogP contribution in [0.25, 0.3) is 0 Å². The molecule has 0 aliphatic carbocycles. The predicted octanol–water partition coefficient (Wildman–Crippen LogP) is 2.20. The SMILES string of the molecule is COCC(CBr)NS(=O)(=O)c1ccc(Br)s1. The fourth-order valence-corrected chi connectivity index (χ4v) is 4.84. The fourth-order valence-electron chi connectivity index (χ4n) is 1.03. The third-order valence-electron chi connectivity index (χ3n) is 1.69. The van der Waals surface area contributed by atoms with E-state index in [9.17, 15) is 8.42 Å². The predicted molar refractivity (Wildman–Crippen MR) is 71.8 cm³/mol. The van der Waals surface area contributed by atoms with Gasteiger partial charge in [0.2, 0.25) is 10.0 Å². The lowest BCUT2D eigenvalue weighted by molar-refractivity contribution is 0.182. The monoisotopic (exact) mass is 391 g/mol. The molecule has 4 nitrogen and oxygen atoms in total. The maximum atomic E-state index is 11.9. The van der Waals surface area contributed by atoms with E-state index in [0.717, 1.165) is 3.79 Å². The number of sulfonamides is 1. The highest BCUT2D eigenvalue weighted by atomic mass is 79.9. The number of ether oxygens (including phenoxy) is 1. The first-order valence-electron chi connectivity index (χ1n) is 4.32. The van der Waals surface area contributed by atoms with Gasteiger partial charge in [0.05, 0.1) is 16.4 Å². The summed E-state index contributed by atoms with van der Waals surface area (Å²) in [5.41, 5.74) is 0. The Hall–Kier alpha value is 0.530. The fraction of sp³-hybridized carbons (Fsp3) is 0.500. The van der Waals surface area contributed by atoms with Crippen LogP contribution in [0.15, 0.2) is 20.1 Å². The number of hydrogen-bond acceptors (Lipinski definition) is 4. The van der Waals surface area contributed by atoms with Crippen LogP contribution in [0.3, 0.4) is 0 Å². The normalized spacial score (nSPS) is 13.9. The Kier molecular flexibility index (Phi) is 5.89. The van der Waals surface area contributed by atoms with Gasteiger partial charge in [0, 0.05) is 12.4 Å². The van der Waals surface area contributed by atoms with Gasteiger partial charge in [-0.3, -0.25) is 0 Å². The van der Waals surface area contributed by atoms with Crippen molar-refractivity contribution in [3.63, 3.8) is 0 Å². The zero-order valence-electron chi connectivity index (χ0n) is 8.44. The van der Waals surface area contributed by atoms with E-state index >= 15 is 0 Å². The Morgan fingerprint density at radius 2 is 2.25 bits per heavy atom. The van der Waals surface area contributed by atoms with Crippen LogP contribution >= 0.6 is 43.2 Å². The van der Waals surface area contributed by atoms with Crippen LogP contribution in [0.2, 0.25) is 0 Å². The molecule has 0 spiro atoms. The zero-order chi connectivity index (χ0) is 12.2. The van der Waals surface area contributed by atoms with Crippen molar-refractivity contribution in [2.24, 2.45) is 0 Å². The van der Waals surface area contributed by atoms with E-state index in [1.807, 2.05) is 0 Å². The summed E-state index contributed by atoms with van der Waals surface area (Å²) in [7, 11) is -1.91. The van der Waals surface area contributed by atoms with Crippen molar-refractivity contribution < 1.29 is 13.2 Å². The van der Waals surface area contributed by atoms with Crippen LogP contribution < -0.4 is 4.72 Å². The highest BCUT2D eigenvalue weighted by Crippen LogP contribution is 2.25. The molecule has 0 aliphatic rings. The molecule has 0 bridgehead atoms. The van der Waals surface area contributed by atoms with Crippen molar-refractivity contribution in [3.05, 3.63) is 15.9 Å². The average Bonchev–Trinajstić information content (AvgIpc) is 2.64. The minimum atomic E-state index is -3.44. The molecule has 0 saturated carbocycles. The van der Waals surface area contributed by atoms with E-state index in [1.165, 1.54) is 18.4 Å². The van der Waals surface area contributed by atoms with Gasteiger partial charge in [0.25, 0.3) is 0 Å². The molecule has 92 valence electrons. The van der Waals surface area contributed by atoms with E-state index < -0.39 is 10.0 Å². The summed E-state index contributed by atoms with van der Waals surface area (Å²) in [4.78, 5) is 0. The van der Waals surface area contributed by atoms with Gasteiger partial charge in [-0.1, -0.05) is 15.9 Å². The van der Waals surface area contributed by atoms with Crippen LogP contribution in [-0.4, -0.2) is 33.5 Å². The van der Waals surface area contributed by atoms with E-state index in [-0.39, 0.29) is 6.04 Å². The molecule has 1 N–H and O–H groups in total. The molecule has 1 aromatic rings. The first kappa shape index (κ1) is 14.6. The van der Waals surface area contributed by atoms with Crippen molar-refractivity contribution in [2.75, 3.05) is 19.0 Å². The second-order valence-corrected chi connectivity index (χ2v) is 8.04. The summed E-state index contributed by atoms with van der Waals surface area (Å²) in [6.45, 7) is 0.330. The topological polar surface area (TPSA) is 55.4 Å². The molecule has 0 aromatic carbocycles. The number of methoxy groups -OCH3 is 1. The molecule has 0 radical (unpaired) electrons. The molecule has 1 atom stereocenters. The Morgan fingerprint density at radius 1 is 1.56 bits per heavy atom. The van der Waals surface area contributed by atoms with Gasteiger partial charge in [-0.25, -0.2) is 13.1 Å². The number of rotatable bonds is 6. The molecular weight excluding hydrogens is 382 g/mol. The van der Waals surface area contributed by atoms with E-state index in [0.29, 0.717) is 16.1 Å². The van der Waals surface area contributed by atoms with Crippen LogP contribution in [0.1, 0.15) is 0 Å². The van der Waals surface area contributed by atoms with Crippen LogP contribution in [0.5, 0.6) is 0 Å². The summed E-state index contributed by atoms with van der Waals surface area (Å²) in [5.74, 6) is 0. The van der Waals surface area contributed by atoms with Gasteiger partial charge in [-0.05, 0) is 28.1 Å². The van der Waals surface area contributed by atoms with Crippen molar-refractivity contribution in [1.29, 1.82) is 0 Å². The van der Waals surface area contributed by atoms with Gasteiger partial charge < -0.3 is 4.74 Å². The maximum Gasteiger partial charge on any atom is 0.250 e. The number of nitrogens with one attached hydrogen (secondary N) is 1. The highest BCUT2D eigenvalue weighted by Gasteiger charge is 2.20. The standard InChI is InChI=1S/C8H11Br2NO3S2/c1-14-5-6(4-9)11-16(12,13)8-3-2-7(10)15-8/h2-3,6,11H,4-5H2,1H3. The Balaban J connectivity index is 2.78. The summed E-state index contributed by atoms with van der Waals surface area (Å²) in [6.07, 6.45) is 0. The molecule has 0 amide bonds. The third kappa shape index (κ3) is 4.08. The molecule has 16 heavy (non-hydrogen) atoms. The Labute approximate surface area is 116 Å². The molecule has 1 rings (SSSR count). The first-order valence-corrected chi connectivity index (χ1v) is 8.53. The number of alkyl halides is 1. The lowest BCUT2D eigenvalue weighted by Gasteiger charge is -2.14. The quantitative estimate of drug-likeness (QED) is 0.755. The first-order chi connectivity index (χ1) is 7.49. The van der Waals surface area contributed by atoms with Gasteiger partial charge in [0.15, 0.2) is 0 Å². The number of halogens is 2. The molecule has 1 heterocycles. The molecule has 8 heteroatoms. The number of thiophene rings is 1. The maximum absolute atomic E-state index is 11.9. The van der Waals surface area contributed by atoms with Gasteiger partial charge >= 0.3 is 0 Å². The molecule has 1 unspecified atom stereocenters. The van der Waals surface area contributed by atoms with Gasteiger partial charge in [-0.15, -0.1) is 11.3 Å². The average molecular weight is 393 g/mol. The summed E-state index contributed by atoms with van der Waals surface area (Å²) in [6, 6.07) is 3.00. The lowest BCUT2D eigenvalue weighted by Crippen LogP contribution is -2.38.